The van der Waals surface area contributed by atoms with E-state index in [0.717, 1.165) is 6.42 Å². The molecule has 0 bridgehead atoms. The van der Waals surface area contributed by atoms with E-state index in [0.29, 0.717) is 30.3 Å². The second kappa shape index (κ2) is 6.78. The molecule has 0 atom stereocenters. The van der Waals surface area contributed by atoms with Gasteiger partial charge in [0, 0.05) is 0 Å². The first-order chi connectivity index (χ1) is 8.22. The maximum absolute atomic E-state index is 11.7. The lowest BCUT2D eigenvalue weighted by molar-refractivity contribution is 0.0522. The summed E-state index contributed by atoms with van der Waals surface area (Å²) in [5, 5.41) is 0. The Morgan fingerprint density at radius 3 is 2.65 bits per heavy atom. The SMILES string of the molecule is CCCOc1ccc(OC)c(C(=O)OCC)c1. The van der Waals surface area contributed by atoms with Gasteiger partial charge >= 0.3 is 5.97 Å². The topological polar surface area (TPSA) is 44.8 Å². The minimum Gasteiger partial charge on any atom is -0.496 e. The fourth-order valence-electron chi connectivity index (χ4n) is 1.37. The lowest BCUT2D eigenvalue weighted by Gasteiger charge is -2.10. The molecule has 1 rings (SSSR count). The molecule has 0 saturated heterocycles. The molecule has 0 fully saturated rings. The molecule has 1 aromatic carbocycles. The first-order valence-electron chi connectivity index (χ1n) is 5.70. The van der Waals surface area contributed by atoms with Gasteiger partial charge in [-0.2, -0.15) is 0 Å². The summed E-state index contributed by atoms with van der Waals surface area (Å²) in [4.78, 5) is 11.7. The smallest absolute Gasteiger partial charge is 0.342 e. The minimum absolute atomic E-state index is 0.335. The average Bonchev–Trinajstić information content (AvgIpc) is 2.36. The molecule has 0 aliphatic rings. The summed E-state index contributed by atoms with van der Waals surface area (Å²) in [6.45, 7) is 4.74. The third-order valence-corrected chi connectivity index (χ3v) is 2.14. The molecule has 0 aliphatic carbocycles. The van der Waals surface area contributed by atoms with Crippen molar-refractivity contribution in [1.29, 1.82) is 0 Å². The highest BCUT2D eigenvalue weighted by Gasteiger charge is 2.14. The van der Waals surface area contributed by atoms with Gasteiger partial charge in [-0.3, -0.25) is 0 Å². The molecule has 0 spiro atoms. The van der Waals surface area contributed by atoms with E-state index in [1.165, 1.54) is 7.11 Å². The van der Waals surface area contributed by atoms with Crippen LogP contribution in [-0.2, 0) is 4.74 Å². The monoisotopic (exact) mass is 238 g/mol. The predicted molar refractivity (Wildman–Crippen MR) is 64.7 cm³/mol. The van der Waals surface area contributed by atoms with E-state index < -0.39 is 5.97 Å². The Hall–Kier alpha value is -1.71. The van der Waals surface area contributed by atoms with Gasteiger partial charge in [0.05, 0.1) is 20.3 Å². The van der Waals surface area contributed by atoms with Crippen LogP contribution >= 0.6 is 0 Å². The summed E-state index contributed by atoms with van der Waals surface area (Å²) < 4.78 is 15.5. The lowest BCUT2D eigenvalue weighted by atomic mass is 10.2. The number of rotatable bonds is 6. The van der Waals surface area contributed by atoms with Crippen LogP contribution in [-0.4, -0.2) is 26.3 Å². The van der Waals surface area contributed by atoms with Gasteiger partial charge in [0.25, 0.3) is 0 Å². The van der Waals surface area contributed by atoms with Gasteiger partial charge in [-0.05, 0) is 31.5 Å². The number of methoxy groups -OCH3 is 1. The Labute approximate surface area is 101 Å². The second-order valence-electron chi connectivity index (χ2n) is 3.43. The van der Waals surface area contributed by atoms with Crippen molar-refractivity contribution in [3.8, 4) is 11.5 Å². The molecule has 0 N–H and O–H groups in total. The Morgan fingerprint density at radius 1 is 1.29 bits per heavy atom. The van der Waals surface area contributed by atoms with Crippen LogP contribution in [0.15, 0.2) is 18.2 Å². The van der Waals surface area contributed by atoms with Crippen molar-refractivity contribution in [1.82, 2.24) is 0 Å². The molecule has 0 radical (unpaired) electrons. The van der Waals surface area contributed by atoms with E-state index in [1.807, 2.05) is 6.92 Å². The summed E-state index contributed by atoms with van der Waals surface area (Å²) in [6.07, 6.45) is 0.917. The summed E-state index contributed by atoms with van der Waals surface area (Å²) in [5.74, 6) is 0.745. The number of carbonyl (C=O) groups excluding carboxylic acids is 1. The number of ether oxygens (including phenoxy) is 3. The van der Waals surface area contributed by atoms with Crippen molar-refractivity contribution in [3.63, 3.8) is 0 Å². The molecule has 1 aromatic rings. The van der Waals surface area contributed by atoms with Crippen LogP contribution in [0.25, 0.3) is 0 Å². The van der Waals surface area contributed by atoms with Crippen molar-refractivity contribution in [2.45, 2.75) is 20.3 Å². The largest absolute Gasteiger partial charge is 0.496 e. The Balaban J connectivity index is 2.93. The number of carbonyl (C=O) groups is 1. The predicted octanol–water partition coefficient (Wildman–Crippen LogP) is 2.66. The highest BCUT2D eigenvalue weighted by molar-refractivity contribution is 5.93. The molecule has 17 heavy (non-hydrogen) atoms. The third-order valence-electron chi connectivity index (χ3n) is 2.14. The maximum atomic E-state index is 11.7. The standard InChI is InChI=1S/C13H18O4/c1-4-8-17-10-6-7-12(15-3)11(9-10)13(14)16-5-2/h6-7,9H,4-5,8H2,1-3H3. The molecule has 0 heterocycles. The zero-order chi connectivity index (χ0) is 12.7. The Bertz CT molecular complexity index is 374. The molecule has 0 aliphatic heterocycles. The number of esters is 1. The van der Waals surface area contributed by atoms with E-state index in [4.69, 9.17) is 14.2 Å². The van der Waals surface area contributed by atoms with E-state index in [1.54, 1.807) is 25.1 Å². The zero-order valence-corrected chi connectivity index (χ0v) is 10.5. The summed E-state index contributed by atoms with van der Waals surface area (Å²) in [6, 6.07) is 5.13. The highest BCUT2D eigenvalue weighted by Crippen LogP contribution is 2.24. The maximum Gasteiger partial charge on any atom is 0.342 e. The molecule has 0 unspecified atom stereocenters. The van der Waals surface area contributed by atoms with E-state index in [2.05, 4.69) is 0 Å². The van der Waals surface area contributed by atoms with Crippen LogP contribution in [0.1, 0.15) is 30.6 Å². The summed E-state index contributed by atoms with van der Waals surface area (Å²) in [7, 11) is 1.52. The summed E-state index contributed by atoms with van der Waals surface area (Å²) >= 11 is 0. The van der Waals surface area contributed by atoms with Crippen LogP contribution in [0, 0.1) is 0 Å². The van der Waals surface area contributed by atoms with Crippen molar-refractivity contribution in [3.05, 3.63) is 23.8 Å². The first kappa shape index (κ1) is 13.4. The summed E-state index contributed by atoms with van der Waals surface area (Å²) in [5.41, 5.74) is 0.392. The molecular weight excluding hydrogens is 220 g/mol. The molecule has 94 valence electrons. The van der Waals surface area contributed by atoms with E-state index >= 15 is 0 Å². The van der Waals surface area contributed by atoms with Crippen LogP contribution in [0.4, 0.5) is 0 Å². The van der Waals surface area contributed by atoms with Crippen LogP contribution in [0.3, 0.4) is 0 Å². The average molecular weight is 238 g/mol. The third kappa shape index (κ3) is 3.66. The van der Waals surface area contributed by atoms with Crippen molar-refractivity contribution in [2.24, 2.45) is 0 Å². The van der Waals surface area contributed by atoms with E-state index in [-0.39, 0.29) is 0 Å². The lowest BCUT2D eigenvalue weighted by Crippen LogP contribution is -2.07. The normalized spacial score (nSPS) is 9.82. The molecular formula is C13H18O4. The molecule has 0 amide bonds. The van der Waals surface area contributed by atoms with Crippen molar-refractivity contribution >= 4 is 5.97 Å². The van der Waals surface area contributed by atoms with Gasteiger partial charge < -0.3 is 14.2 Å². The number of hydrogen-bond acceptors (Lipinski definition) is 4. The van der Waals surface area contributed by atoms with Gasteiger partial charge in [-0.15, -0.1) is 0 Å². The van der Waals surface area contributed by atoms with Crippen LogP contribution in [0.5, 0.6) is 11.5 Å². The van der Waals surface area contributed by atoms with Gasteiger partial charge in [0.1, 0.15) is 17.1 Å². The van der Waals surface area contributed by atoms with E-state index in [9.17, 15) is 4.79 Å². The molecule has 4 heteroatoms. The second-order valence-corrected chi connectivity index (χ2v) is 3.43. The molecule has 4 nitrogen and oxygen atoms in total. The fourth-order valence-corrected chi connectivity index (χ4v) is 1.37. The molecule has 0 aromatic heterocycles. The van der Waals surface area contributed by atoms with Gasteiger partial charge in [0.15, 0.2) is 0 Å². The van der Waals surface area contributed by atoms with Crippen molar-refractivity contribution < 1.29 is 19.0 Å². The van der Waals surface area contributed by atoms with Crippen LogP contribution in [0.2, 0.25) is 0 Å². The van der Waals surface area contributed by atoms with Crippen LogP contribution < -0.4 is 9.47 Å². The first-order valence-corrected chi connectivity index (χ1v) is 5.70. The quantitative estimate of drug-likeness (QED) is 0.715. The van der Waals surface area contributed by atoms with Gasteiger partial charge in [-0.1, -0.05) is 6.92 Å². The van der Waals surface area contributed by atoms with Crippen molar-refractivity contribution in [2.75, 3.05) is 20.3 Å². The fraction of sp³-hybridized carbons (Fsp3) is 0.462. The number of hydrogen-bond donors (Lipinski definition) is 0. The van der Waals surface area contributed by atoms with Gasteiger partial charge in [-0.25, -0.2) is 4.79 Å². The number of benzene rings is 1. The highest BCUT2D eigenvalue weighted by atomic mass is 16.5. The molecule has 0 saturated carbocycles. The minimum atomic E-state index is -0.397. The Kier molecular flexibility index (Phi) is 5.33. The van der Waals surface area contributed by atoms with Gasteiger partial charge in [0.2, 0.25) is 0 Å². The Morgan fingerprint density at radius 2 is 2.06 bits per heavy atom. The zero-order valence-electron chi connectivity index (χ0n) is 10.5.